The highest BCUT2D eigenvalue weighted by atomic mass is 19.1. The summed E-state index contributed by atoms with van der Waals surface area (Å²) in [5, 5.41) is 8.76. The standard InChI is InChI=1S/C14H12FNO3/c15-11-5-6-13(12(16)7-11)19-8-9-1-3-10(4-2-9)14(17)18/h1-7H,8,16H2,(H,17,18). The first kappa shape index (κ1) is 12.9. The molecule has 0 unspecified atom stereocenters. The van der Waals surface area contributed by atoms with Crippen LogP contribution in [-0.4, -0.2) is 11.1 Å². The zero-order valence-electron chi connectivity index (χ0n) is 9.97. The van der Waals surface area contributed by atoms with Gasteiger partial charge in [-0.15, -0.1) is 0 Å². The average Bonchev–Trinajstić information content (AvgIpc) is 2.38. The molecular formula is C14H12FNO3. The van der Waals surface area contributed by atoms with Gasteiger partial charge in [0.1, 0.15) is 18.2 Å². The van der Waals surface area contributed by atoms with E-state index in [0.29, 0.717) is 5.75 Å². The van der Waals surface area contributed by atoms with Gasteiger partial charge >= 0.3 is 5.97 Å². The molecule has 0 spiro atoms. The first-order valence-electron chi connectivity index (χ1n) is 5.56. The molecule has 0 aliphatic heterocycles. The Morgan fingerprint density at radius 3 is 2.47 bits per heavy atom. The molecule has 0 aromatic heterocycles. The van der Waals surface area contributed by atoms with E-state index in [1.165, 1.54) is 30.3 Å². The van der Waals surface area contributed by atoms with Gasteiger partial charge in [-0.3, -0.25) is 0 Å². The maximum absolute atomic E-state index is 12.8. The molecule has 0 bridgehead atoms. The van der Waals surface area contributed by atoms with Crippen LogP contribution >= 0.6 is 0 Å². The molecule has 0 fully saturated rings. The minimum absolute atomic E-state index is 0.213. The molecule has 3 N–H and O–H groups in total. The van der Waals surface area contributed by atoms with E-state index in [9.17, 15) is 9.18 Å². The fourth-order valence-corrected chi connectivity index (χ4v) is 1.56. The number of nitrogen functional groups attached to an aromatic ring is 1. The van der Waals surface area contributed by atoms with E-state index in [0.717, 1.165) is 5.56 Å². The van der Waals surface area contributed by atoms with Gasteiger partial charge in [-0.25, -0.2) is 9.18 Å². The van der Waals surface area contributed by atoms with Crippen LogP contribution in [0.25, 0.3) is 0 Å². The summed E-state index contributed by atoms with van der Waals surface area (Å²) in [5.41, 5.74) is 6.84. The first-order valence-corrected chi connectivity index (χ1v) is 5.56. The molecule has 19 heavy (non-hydrogen) atoms. The second-order valence-corrected chi connectivity index (χ2v) is 3.97. The SMILES string of the molecule is Nc1cc(F)ccc1OCc1ccc(C(=O)O)cc1. The van der Waals surface area contributed by atoms with Crippen LogP contribution in [0.2, 0.25) is 0 Å². The Bertz CT molecular complexity index is 596. The lowest BCUT2D eigenvalue weighted by atomic mass is 10.1. The molecule has 5 heteroatoms. The molecule has 2 rings (SSSR count). The van der Waals surface area contributed by atoms with Crippen molar-refractivity contribution in [3.8, 4) is 5.75 Å². The predicted molar refractivity (Wildman–Crippen MR) is 68.5 cm³/mol. The molecule has 0 atom stereocenters. The van der Waals surface area contributed by atoms with Crippen molar-refractivity contribution in [3.05, 3.63) is 59.4 Å². The van der Waals surface area contributed by atoms with Crippen molar-refractivity contribution in [1.82, 2.24) is 0 Å². The number of hydrogen-bond acceptors (Lipinski definition) is 3. The van der Waals surface area contributed by atoms with Gasteiger partial charge in [-0.2, -0.15) is 0 Å². The molecule has 0 heterocycles. The van der Waals surface area contributed by atoms with Crippen molar-refractivity contribution in [3.63, 3.8) is 0 Å². The average molecular weight is 261 g/mol. The summed E-state index contributed by atoms with van der Waals surface area (Å²) >= 11 is 0. The molecule has 0 amide bonds. The van der Waals surface area contributed by atoms with Gasteiger partial charge in [0.05, 0.1) is 11.3 Å². The van der Waals surface area contributed by atoms with Crippen LogP contribution in [0, 0.1) is 5.82 Å². The molecule has 2 aromatic rings. The van der Waals surface area contributed by atoms with Gasteiger partial charge in [0.25, 0.3) is 0 Å². The van der Waals surface area contributed by atoms with Crippen molar-refractivity contribution < 1.29 is 19.0 Å². The lowest BCUT2D eigenvalue weighted by Gasteiger charge is -2.09. The largest absolute Gasteiger partial charge is 0.487 e. The van der Waals surface area contributed by atoms with Gasteiger partial charge in [0, 0.05) is 6.07 Å². The van der Waals surface area contributed by atoms with Crippen LogP contribution in [0.3, 0.4) is 0 Å². The van der Waals surface area contributed by atoms with Gasteiger partial charge in [0.2, 0.25) is 0 Å². The van der Waals surface area contributed by atoms with E-state index < -0.39 is 11.8 Å². The van der Waals surface area contributed by atoms with Gasteiger partial charge in [0.15, 0.2) is 0 Å². The van der Waals surface area contributed by atoms with Crippen LogP contribution in [0.1, 0.15) is 15.9 Å². The Balaban J connectivity index is 2.04. The molecule has 0 saturated heterocycles. The van der Waals surface area contributed by atoms with Crippen molar-refractivity contribution in [1.29, 1.82) is 0 Å². The Morgan fingerprint density at radius 1 is 1.21 bits per heavy atom. The predicted octanol–water partition coefficient (Wildman–Crippen LogP) is 2.69. The normalized spacial score (nSPS) is 10.2. The highest BCUT2D eigenvalue weighted by Crippen LogP contribution is 2.22. The zero-order chi connectivity index (χ0) is 13.8. The van der Waals surface area contributed by atoms with Crippen LogP contribution in [0.5, 0.6) is 5.75 Å². The number of halogens is 1. The molecule has 0 radical (unpaired) electrons. The Kier molecular flexibility index (Phi) is 3.66. The topological polar surface area (TPSA) is 72.5 Å². The van der Waals surface area contributed by atoms with Crippen LogP contribution in [-0.2, 0) is 6.61 Å². The summed E-state index contributed by atoms with van der Waals surface area (Å²) in [5.74, 6) is -1.00. The Hall–Kier alpha value is -2.56. The second kappa shape index (κ2) is 5.39. The molecule has 0 aliphatic carbocycles. The summed E-state index contributed by atoms with van der Waals surface area (Å²) in [4.78, 5) is 10.7. The smallest absolute Gasteiger partial charge is 0.335 e. The summed E-state index contributed by atoms with van der Waals surface area (Å²) in [6, 6.07) is 10.2. The lowest BCUT2D eigenvalue weighted by Crippen LogP contribution is -2.00. The third-order valence-corrected chi connectivity index (χ3v) is 2.57. The molecule has 0 saturated carbocycles. The number of carboxylic acids is 1. The molecule has 2 aromatic carbocycles. The fourth-order valence-electron chi connectivity index (χ4n) is 1.56. The lowest BCUT2D eigenvalue weighted by molar-refractivity contribution is 0.0697. The van der Waals surface area contributed by atoms with Crippen molar-refractivity contribution in [2.75, 3.05) is 5.73 Å². The second-order valence-electron chi connectivity index (χ2n) is 3.97. The van der Waals surface area contributed by atoms with E-state index in [-0.39, 0.29) is 17.9 Å². The molecule has 4 nitrogen and oxygen atoms in total. The third kappa shape index (κ3) is 3.22. The maximum atomic E-state index is 12.8. The van der Waals surface area contributed by atoms with E-state index >= 15 is 0 Å². The van der Waals surface area contributed by atoms with Crippen molar-refractivity contribution >= 4 is 11.7 Å². The summed E-state index contributed by atoms with van der Waals surface area (Å²) in [6.07, 6.45) is 0. The summed E-state index contributed by atoms with van der Waals surface area (Å²) in [7, 11) is 0. The van der Waals surface area contributed by atoms with E-state index in [1.807, 2.05) is 0 Å². The Morgan fingerprint density at radius 2 is 1.89 bits per heavy atom. The Labute approximate surface area is 109 Å². The van der Waals surface area contributed by atoms with Gasteiger partial charge in [-0.05, 0) is 29.8 Å². The van der Waals surface area contributed by atoms with E-state index in [4.69, 9.17) is 15.6 Å². The number of carbonyl (C=O) groups is 1. The van der Waals surface area contributed by atoms with Crippen molar-refractivity contribution in [2.24, 2.45) is 0 Å². The van der Waals surface area contributed by atoms with Crippen LogP contribution in [0.15, 0.2) is 42.5 Å². The zero-order valence-corrected chi connectivity index (χ0v) is 9.97. The minimum Gasteiger partial charge on any atom is -0.487 e. The monoisotopic (exact) mass is 261 g/mol. The number of aromatic carboxylic acids is 1. The van der Waals surface area contributed by atoms with Gasteiger partial charge in [-0.1, -0.05) is 12.1 Å². The number of benzene rings is 2. The molecule has 98 valence electrons. The van der Waals surface area contributed by atoms with Crippen LogP contribution < -0.4 is 10.5 Å². The van der Waals surface area contributed by atoms with Crippen molar-refractivity contribution in [2.45, 2.75) is 6.61 Å². The molecular weight excluding hydrogens is 249 g/mol. The quantitative estimate of drug-likeness (QED) is 0.830. The van der Waals surface area contributed by atoms with E-state index in [1.54, 1.807) is 12.1 Å². The maximum Gasteiger partial charge on any atom is 0.335 e. The summed E-state index contributed by atoms with van der Waals surface area (Å²) < 4.78 is 18.3. The molecule has 0 aliphatic rings. The highest BCUT2D eigenvalue weighted by Gasteiger charge is 2.04. The highest BCUT2D eigenvalue weighted by molar-refractivity contribution is 5.87. The number of ether oxygens (including phenoxy) is 1. The number of carboxylic acid groups (broad SMARTS) is 1. The minimum atomic E-state index is -0.977. The summed E-state index contributed by atoms with van der Waals surface area (Å²) in [6.45, 7) is 0.232. The fraction of sp³-hybridized carbons (Fsp3) is 0.0714. The number of nitrogens with two attached hydrogens (primary N) is 1. The van der Waals surface area contributed by atoms with E-state index in [2.05, 4.69) is 0 Å². The first-order chi connectivity index (χ1) is 9.06. The number of anilines is 1. The third-order valence-electron chi connectivity index (χ3n) is 2.57. The number of rotatable bonds is 4. The number of hydrogen-bond donors (Lipinski definition) is 2. The van der Waals surface area contributed by atoms with Crippen LogP contribution in [0.4, 0.5) is 10.1 Å². The van der Waals surface area contributed by atoms with Gasteiger partial charge < -0.3 is 15.6 Å².